The molecule has 0 saturated carbocycles. The van der Waals surface area contributed by atoms with Crippen molar-refractivity contribution in [3.8, 4) is 0 Å². The molecule has 0 bridgehead atoms. The molecule has 1 heterocycles. The first-order chi connectivity index (χ1) is 8.70. The quantitative estimate of drug-likeness (QED) is 0.864. The van der Waals surface area contributed by atoms with Gasteiger partial charge in [-0.15, -0.1) is 11.8 Å². The molecule has 0 aliphatic rings. The second kappa shape index (κ2) is 5.93. The highest BCUT2D eigenvalue weighted by molar-refractivity contribution is 7.99. The van der Waals surface area contributed by atoms with E-state index < -0.39 is 11.6 Å². The predicted molar refractivity (Wildman–Crippen MR) is 68.2 cm³/mol. The van der Waals surface area contributed by atoms with Gasteiger partial charge in [0.25, 0.3) is 0 Å². The summed E-state index contributed by atoms with van der Waals surface area (Å²) in [6, 6.07) is 7.58. The van der Waals surface area contributed by atoms with E-state index in [1.807, 2.05) is 12.1 Å². The lowest BCUT2D eigenvalue weighted by molar-refractivity contribution is 0.506. The smallest absolute Gasteiger partial charge is 0.159 e. The molecule has 2 rings (SSSR count). The van der Waals surface area contributed by atoms with Gasteiger partial charge in [0.1, 0.15) is 0 Å². The second-order valence-electron chi connectivity index (χ2n) is 3.70. The molecule has 2 nitrogen and oxygen atoms in total. The lowest BCUT2D eigenvalue weighted by Crippen LogP contribution is -2.09. The Hall–Kier alpha value is -1.46. The average molecular weight is 266 g/mol. The molecule has 18 heavy (non-hydrogen) atoms. The predicted octanol–water partition coefficient (Wildman–Crippen LogP) is 3.15. The second-order valence-corrected chi connectivity index (χ2v) is 4.98. The van der Waals surface area contributed by atoms with Crippen molar-refractivity contribution >= 4 is 11.8 Å². The zero-order chi connectivity index (χ0) is 13.0. The molecule has 0 aliphatic carbocycles. The number of hydrogen-bond acceptors (Lipinski definition) is 3. The van der Waals surface area contributed by atoms with Gasteiger partial charge in [-0.1, -0.05) is 6.07 Å². The third-order valence-electron chi connectivity index (χ3n) is 2.44. The molecule has 0 amide bonds. The Bertz CT molecular complexity index is 520. The molecule has 0 spiro atoms. The minimum absolute atomic E-state index is 0.0245. The molecule has 0 saturated heterocycles. The van der Waals surface area contributed by atoms with E-state index in [4.69, 9.17) is 5.73 Å². The fraction of sp³-hybridized carbons (Fsp3) is 0.154. The average Bonchev–Trinajstić information content (AvgIpc) is 2.41. The Morgan fingerprint density at radius 1 is 1.22 bits per heavy atom. The fourth-order valence-corrected chi connectivity index (χ4v) is 2.55. The van der Waals surface area contributed by atoms with E-state index in [0.29, 0.717) is 11.4 Å². The summed E-state index contributed by atoms with van der Waals surface area (Å²) >= 11 is 1.39. The van der Waals surface area contributed by atoms with Crippen LogP contribution < -0.4 is 5.73 Å². The largest absolute Gasteiger partial charge is 0.329 e. The standard InChI is InChI=1S/C13H12F2N2S/c14-11-4-3-10(6-12(11)15)18-13(7-16)9-2-1-5-17-8-9/h1-6,8,13H,7,16H2. The molecule has 1 aromatic carbocycles. The first kappa shape index (κ1) is 13.0. The summed E-state index contributed by atoms with van der Waals surface area (Å²) in [4.78, 5) is 4.67. The normalized spacial score (nSPS) is 12.4. The van der Waals surface area contributed by atoms with Gasteiger partial charge in [0.2, 0.25) is 0 Å². The van der Waals surface area contributed by atoms with Gasteiger partial charge in [0.15, 0.2) is 11.6 Å². The summed E-state index contributed by atoms with van der Waals surface area (Å²) in [6.07, 6.45) is 3.41. The van der Waals surface area contributed by atoms with Gasteiger partial charge in [-0.3, -0.25) is 4.98 Å². The van der Waals surface area contributed by atoms with Crippen molar-refractivity contribution in [2.75, 3.05) is 6.54 Å². The lowest BCUT2D eigenvalue weighted by Gasteiger charge is -2.14. The van der Waals surface area contributed by atoms with Crippen LogP contribution in [0.15, 0.2) is 47.6 Å². The number of thioether (sulfide) groups is 1. The number of rotatable bonds is 4. The molecule has 2 N–H and O–H groups in total. The number of hydrogen-bond donors (Lipinski definition) is 1. The van der Waals surface area contributed by atoms with Gasteiger partial charge >= 0.3 is 0 Å². The van der Waals surface area contributed by atoms with Gasteiger partial charge in [0, 0.05) is 29.1 Å². The van der Waals surface area contributed by atoms with E-state index in [-0.39, 0.29) is 5.25 Å². The van der Waals surface area contributed by atoms with Crippen molar-refractivity contribution in [1.29, 1.82) is 0 Å². The van der Waals surface area contributed by atoms with Crippen LogP contribution in [0, 0.1) is 11.6 Å². The molecule has 2 aromatic rings. The number of halogens is 2. The topological polar surface area (TPSA) is 38.9 Å². The summed E-state index contributed by atoms with van der Waals surface area (Å²) in [5.74, 6) is -1.69. The summed E-state index contributed by atoms with van der Waals surface area (Å²) in [5.41, 5.74) is 6.67. The van der Waals surface area contributed by atoms with E-state index in [9.17, 15) is 8.78 Å². The van der Waals surface area contributed by atoms with E-state index in [1.54, 1.807) is 18.5 Å². The maximum absolute atomic E-state index is 13.1. The van der Waals surface area contributed by atoms with Gasteiger partial charge in [0.05, 0.1) is 0 Å². The fourth-order valence-electron chi connectivity index (χ4n) is 1.53. The van der Waals surface area contributed by atoms with Crippen LogP contribution in [0.4, 0.5) is 8.78 Å². The van der Waals surface area contributed by atoms with Crippen LogP contribution in [0.3, 0.4) is 0 Å². The number of pyridine rings is 1. The van der Waals surface area contributed by atoms with Gasteiger partial charge in [-0.05, 0) is 29.8 Å². The van der Waals surface area contributed by atoms with Crippen LogP contribution in [0.25, 0.3) is 0 Å². The van der Waals surface area contributed by atoms with E-state index in [1.165, 1.54) is 17.8 Å². The molecule has 0 radical (unpaired) electrons. The van der Waals surface area contributed by atoms with Crippen molar-refractivity contribution in [1.82, 2.24) is 4.98 Å². The van der Waals surface area contributed by atoms with Crippen LogP contribution in [0.1, 0.15) is 10.8 Å². The molecule has 0 fully saturated rings. The summed E-state index contributed by atoms with van der Waals surface area (Å²) in [5, 5.41) is -0.0245. The Morgan fingerprint density at radius 3 is 2.67 bits per heavy atom. The van der Waals surface area contributed by atoms with Crippen LogP contribution in [-0.4, -0.2) is 11.5 Å². The minimum Gasteiger partial charge on any atom is -0.329 e. The van der Waals surface area contributed by atoms with Crippen molar-refractivity contribution < 1.29 is 8.78 Å². The van der Waals surface area contributed by atoms with E-state index >= 15 is 0 Å². The highest BCUT2D eigenvalue weighted by Gasteiger charge is 2.12. The van der Waals surface area contributed by atoms with Gasteiger partial charge in [-0.25, -0.2) is 8.78 Å². The highest BCUT2D eigenvalue weighted by atomic mass is 32.2. The number of aromatic nitrogens is 1. The first-order valence-corrected chi connectivity index (χ1v) is 6.30. The summed E-state index contributed by atoms with van der Waals surface area (Å²) < 4.78 is 25.9. The zero-order valence-corrected chi connectivity index (χ0v) is 10.3. The molecule has 1 unspecified atom stereocenters. The van der Waals surface area contributed by atoms with Crippen molar-refractivity contribution in [3.05, 3.63) is 59.9 Å². The van der Waals surface area contributed by atoms with Crippen LogP contribution in [0.2, 0.25) is 0 Å². The Morgan fingerprint density at radius 2 is 2.06 bits per heavy atom. The highest BCUT2D eigenvalue weighted by Crippen LogP contribution is 2.34. The lowest BCUT2D eigenvalue weighted by atomic mass is 10.2. The van der Waals surface area contributed by atoms with Gasteiger partial charge < -0.3 is 5.73 Å². The molecule has 5 heteroatoms. The van der Waals surface area contributed by atoms with E-state index in [0.717, 1.165) is 11.6 Å². The molecular formula is C13H12F2N2S. The maximum atomic E-state index is 13.1. The molecule has 1 atom stereocenters. The Labute approximate surface area is 108 Å². The van der Waals surface area contributed by atoms with Crippen molar-refractivity contribution in [2.45, 2.75) is 10.1 Å². The van der Waals surface area contributed by atoms with Crippen molar-refractivity contribution in [3.63, 3.8) is 0 Å². The maximum Gasteiger partial charge on any atom is 0.159 e. The van der Waals surface area contributed by atoms with E-state index in [2.05, 4.69) is 4.98 Å². The van der Waals surface area contributed by atoms with Crippen LogP contribution >= 0.6 is 11.8 Å². The number of nitrogens with zero attached hydrogens (tertiary/aromatic N) is 1. The minimum atomic E-state index is -0.845. The molecular weight excluding hydrogens is 254 g/mol. The summed E-state index contributed by atoms with van der Waals surface area (Å²) in [6.45, 7) is 0.398. The summed E-state index contributed by atoms with van der Waals surface area (Å²) in [7, 11) is 0. The van der Waals surface area contributed by atoms with Crippen LogP contribution in [-0.2, 0) is 0 Å². The Balaban J connectivity index is 2.18. The molecule has 94 valence electrons. The van der Waals surface area contributed by atoms with Crippen LogP contribution in [0.5, 0.6) is 0 Å². The molecule has 0 aliphatic heterocycles. The third-order valence-corrected chi connectivity index (χ3v) is 3.71. The van der Waals surface area contributed by atoms with Crippen molar-refractivity contribution in [2.24, 2.45) is 5.73 Å². The first-order valence-electron chi connectivity index (χ1n) is 5.42. The van der Waals surface area contributed by atoms with Gasteiger partial charge in [-0.2, -0.15) is 0 Å². The zero-order valence-electron chi connectivity index (χ0n) is 9.51. The monoisotopic (exact) mass is 266 g/mol. The third kappa shape index (κ3) is 3.05. The molecule has 1 aromatic heterocycles. The number of benzene rings is 1. The number of nitrogens with two attached hydrogens (primary N) is 1. The SMILES string of the molecule is NCC(Sc1ccc(F)c(F)c1)c1cccnc1. The Kier molecular flexibility index (Phi) is 4.28.